The van der Waals surface area contributed by atoms with Gasteiger partial charge in [-0.2, -0.15) is 0 Å². The molecule has 0 aromatic rings. The van der Waals surface area contributed by atoms with Gasteiger partial charge >= 0.3 is 35.0 Å². The fourth-order valence-electron chi connectivity index (χ4n) is 5.74. The second kappa shape index (κ2) is 16.8. The Morgan fingerprint density at radius 2 is 0.741 bits per heavy atom. The van der Waals surface area contributed by atoms with Crippen LogP contribution in [-0.2, 0) is 15.9 Å². The molecule has 2 aliphatic carbocycles. The van der Waals surface area contributed by atoms with Crippen LogP contribution in [0.2, 0.25) is 0 Å². The van der Waals surface area contributed by atoms with E-state index in [2.05, 4.69) is 55.4 Å². The van der Waals surface area contributed by atoms with E-state index in [0.717, 1.165) is 34.0 Å². The zero-order chi connectivity index (χ0) is 21.0. The van der Waals surface area contributed by atoms with Crippen molar-refractivity contribution in [2.24, 2.45) is 0 Å². The van der Waals surface area contributed by atoms with Crippen LogP contribution in [0.4, 0.5) is 0 Å². The van der Waals surface area contributed by atoms with Gasteiger partial charge in [-0.3, -0.25) is 0 Å². The summed E-state index contributed by atoms with van der Waals surface area (Å²) in [4.78, 5) is 0. The van der Waals surface area contributed by atoms with Crippen molar-refractivity contribution in [1.29, 1.82) is 0 Å². The molecule has 0 aromatic heterocycles. The average Bonchev–Trinajstić information content (AvgIpc) is 3.21. The van der Waals surface area contributed by atoms with E-state index >= 15 is 0 Å². The minimum atomic E-state index is -0.106. The first-order chi connectivity index (χ1) is 12.7. The molecule has 0 heterocycles. The molecule has 2 aliphatic rings. The van der Waals surface area contributed by atoms with Crippen molar-refractivity contribution in [1.82, 2.24) is 0 Å². The molecule has 0 amide bonds. The van der Waals surface area contributed by atoms with Gasteiger partial charge in [-0.25, -0.2) is 0 Å². The van der Waals surface area contributed by atoms with Gasteiger partial charge in [0.05, 0.1) is 34.0 Å². The standard InChI is InChI=1S/2C11H23P.2ClH.Pd/c2*1-9(2)12(10(3)4)11-7-5-6-8-11;;;/h2*9-11H,5-8H2,1-4H3;2*1H;/q;;;;+2. The monoisotopic (exact) mass is 550 g/mol. The Bertz CT molecular complexity index is 291. The van der Waals surface area contributed by atoms with Gasteiger partial charge in [-0.05, 0) is 107 Å². The molecule has 0 nitrogen and oxygen atoms in total. The molecule has 0 spiro atoms. The molecule has 5 heteroatoms. The van der Waals surface area contributed by atoms with Crippen LogP contribution < -0.4 is 0 Å². The summed E-state index contributed by atoms with van der Waals surface area (Å²) in [6, 6.07) is 0. The summed E-state index contributed by atoms with van der Waals surface area (Å²) in [6.45, 7) is 19.5. The molecule has 0 saturated heterocycles. The molecule has 0 radical (unpaired) electrons. The van der Waals surface area contributed by atoms with E-state index in [4.69, 9.17) is 19.1 Å². The van der Waals surface area contributed by atoms with Crippen LogP contribution in [0.3, 0.4) is 0 Å². The van der Waals surface area contributed by atoms with Crippen LogP contribution in [0.15, 0.2) is 0 Å². The van der Waals surface area contributed by atoms with E-state index in [1.54, 1.807) is 25.7 Å². The molecule has 2 fully saturated rings. The topological polar surface area (TPSA) is 0 Å². The summed E-state index contributed by atoms with van der Waals surface area (Å²) in [5.41, 5.74) is 6.23. The summed E-state index contributed by atoms with van der Waals surface area (Å²) < 4.78 is 0. The number of hydrogen-bond acceptors (Lipinski definition) is 0. The Kier molecular flexibility index (Phi) is 18.1. The van der Waals surface area contributed by atoms with Crippen LogP contribution in [0.25, 0.3) is 0 Å². The fraction of sp³-hybridized carbons (Fsp3) is 1.00. The Labute approximate surface area is 190 Å². The zero-order valence-corrected chi connectivity index (χ0v) is 24.3. The molecule has 2 rings (SSSR count). The fourth-order valence-corrected chi connectivity index (χ4v) is 14.3. The maximum absolute atomic E-state index is 4.81. The zero-order valence-electron chi connectivity index (χ0n) is 19.2. The molecule has 2 saturated carbocycles. The van der Waals surface area contributed by atoms with E-state index in [9.17, 15) is 0 Å². The molecule has 0 N–H and O–H groups in total. The molecule has 0 aromatic carbocycles. The third-order valence-electron chi connectivity index (χ3n) is 6.32. The number of rotatable bonds is 6. The number of halogens is 2. The Morgan fingerprint density at radius 1 is 0.556 bits per heavy atom. The second-order valence-corrected chi connectivity index (χ2v) is 20.2. The molecular weight excluding hydrogens is 504 g/mol. The molecule has 0 aliphatic heterocycles. The van der Waals surface area contributed by atoms with E-state index in [0.29, 0.717) is 0 Å². The van der Waals surface area contributed by atoms with Crippen LogP contribution in [0.1, 0.15) is 107 Å². The van der Waals surface area contributed by atoms with Gasteiger partial charge < -0.3 is 0 Å². The van der Waals surface area contributed by atoms with Crippen molar-refractivity contribution in [2.45, 2.75) is 141 Å². The van der Waals surface area contributed by atoms with Crippen molar-refractivity contribution < 1.29 is 15.9 Å². The van der Waals surface area contributed by atoms with E-state index in [1.807, 2.05) is 0 Å². The van der Waals surface area contributed by atoms with Crippen molar-refractivity contribution in [3.05, 3.63) is 0 Å². The Balaban J connectivity index is 0.000000438. The van der Waals surface area contributed by atoms with Crippen LogP contribution in [-0.4, -0.2) is 34.0 Å². The van der Waals surface area contributed by atoms with Gasteiger partial charge in [0.1, 0.15) is 0 Å². The van der Waals surface area contributed by atoms with Crippen molar-refractivity contribution >= 4 is 34.9 Å². The minimum absolute atomic E-state index is 0.0563. The third-order valence-corrected chi connectivity index (χ3v) is 14.7. The molecule has 168 valence electrons. The third kappa shape index (κ3) is 11.9. The van der Waals surface area contributed by atoms with E-state index < -0.39 is 0 Å². The van der Waals surface area contributed by atoms with Crippen molar-refractivity contribution in [2.75, 3.05) is 0 Å². The Morgan fingerprint density at radius 3 is 0.889 bits per heavy atom. The van der Waals surface area contributed by atoms with Crippen LogP contribution in [0.5, 0.6) is 0 Å². The van der Waals surface area contributed by atoms with Crippen LogP contribution >= 0.6 is 34.9 Å². The first-order valence-electron chi connectivity index (χ1n) is 11.2. The molecule has 27 heavy (non-hydrogen) atoms. The van der Waals surface area contributed by atoms with Crippen molar-refractivity contribution in [3.63, 3.8) is 0 Å². The van der Waals surface area contributed by atoms with Gasteiger partial charge in [-0.1, -0.05) is 0 Å². The first kappa shape index (κ1) is 29.1. The van der Waals surface area contributed by atoms with Crippen LogP contribution in [0, 0.1) is 0 Å². The van der Waals surface area contributed by atoms with E-state index in [1.165, 1.54) is 25.7 Å². The SMILES string of the molecule is CC(C)[PH+](C(C)C)C1CCCC1.CC(C)[PH+](C(C)C)C1CCCC1.[Cl][Pd][Cl]. The molecular formula is C22H48Cl2P2Pd+2. The van der Waals surface area contributed by atoms with Gasteiger partial charge in [0, 0.05) is 15.8 Å². The predicted octanol–water partition coefficient (Wildman–Crippen LogP) is 9.30. The summed E-state index contributed by atoms with van der Waals surface area (Å²) in [6.07, 6.45) is 12.2. The second-order valence-electron chi connectivity index (χ2n) is 9.63. The molecule has 0 atom stereocenters. The molecule has 0 unspecified atom stereocenters. The summed E-state index contributed by atoms with van der Waals surface area (Å²) >= 11 is -0.106. The number of hydrogen-bond donors (Lipinski definition) is 0. The summed E-state index contributed by atoms with van der Waals surface area (Å²) in [5, 5.41) is 0. The molecule has 0 bridgehead atoms. The normalized spacial score (nSPS) is 18.8. The van der Waals surface area contributed by atoms with Gasteiger partial charge in [0.2, 0.25) is 0 Å². The first-order valence-corrected chi connectivity index (χ1v) is 18.7. The van der Waals surface area contributed by atoms with Gasteiger partial charge in [0.25, 0.3) is 0 Å². The maximum atomic E-state index is 4.81. The van der Waals surface area contributed by atoms with Gasteiger partial charge in [0.15, 0.2) is 0 Å². The summed E-state index contributed by atoms with van der Waals surface area (Å²) in [5.74, 6) is 0. The Hall–Kier alpha value is 2.10. The quantitative estimate of drug-likeness (QED) is 0.228. The summed E-state index contributed by atoms with van der Waals surface area (Å²) in [7, 11) is 9.52. The van der Waals surface area contributed by atoms with Gasteiger partial charge in [-0.15, -0.1) is 0 Å². The predicted molar refractivity (Wildman–Crippen MR) is 133 cm³/mol. The van der Waals surface area contributed by atoms with E-state index in [-0.39, 0.29) is 31.8 Å². The van der Waals surface area contributed by atoms with Crippen molar-refractivity contribution in [3.8, 4) is 0 Å². The average molecular weight is 552 g/mol.